The quantitative estimate of drug-likeness (QED) is 0.792. The van der Waals surface area contributed by atoms with E-state index in [2.05, 4.69) is 61.6 Å². The second-order valence-corrected chi connectivity index (χ2v) is 4.55. The third kappa shape index (κ3) is 3.32. The van der Waals surface area contributed by atoms with Crippen molar-refractivity contribution in [3.8, 4) is 0 Å². The summed E-state index contributed by atoms with van der Waals surface area (Å²) in [5.74, 6) is 0.655. The molecule has 0 saturated carbocycles. The fraction of sp³-hybridized carbons (Fsp3) is 0.571. The summed E-state index contributed by atoms with van der Waals surface area (Å²) in [6.07, 6.45) is 1.19. The minimum absolute atomic E-state index is 0.499. The van der Waals surface area contributed by atoms with Gasteiger partial charge in [0.05, 0.1) is 0 Å². The Labute approximate surface area is 99.7 Å². The zero-order valence-electron chi connectivity index (χ0n) is 10.9. The lowest BCUT2D eigenvalue weighted by atomic mass is 9.90. The first-order chi connectivity index (χ1) is 7.70. The van der Waals surface area contributed by atoms with Crippen LogP contribution in [0, 0.1) is 5.92 Å². The predicted octanol–water partition coefficient (Wildman–Crippen LogP) is 2.53. The molecule has 0 bridgehead atoms. The summed E-state index contributed by atoms with van der Waals surface area (Å²) >= 11 is 0. The molecule has 16 heavy (non-hydrogen) atoms. The first kappa shape index (κ1) is 13.2. The predicted molar refractivity (Wildman–Crippen MR) is 70.6 cm³/mol. The molecule has 2 heteroatoms. The minimum Gasteiger partial charge on any atom is -0.319 e. The van der Waals surface area contributed by atoms with E-state index in [1.54, 1.807) is 0 Å². The monoisotopic (exact) mass is 220 g/mol. The molecule has 0 amide bonds. The van der Waals surface area contributed by atoms with Crippen molar-refractivity contribution in [3.05, 3.63) is 35.9 Å². The summed E-state index contributed by atoms with van der Waals surface area (Å²) in [6.45, 7) is 3.33. The molecule has 0 aliphatic rings. The Bertz CT molecular complexity index is 282. The summed E-state index contributed by atoms with van der Waals surface area (Å²) in [5, 5.41) is 3.30. The molecule has 2 atom stereocenters. The average Bonchev–Trinajstić information content (AvgIpc) is 2.29. The van der Waals surface area contributed by atoms with E-state index in [9.17, 15) is 0 Å². The third-order valence-electron chi connectivity index (χ3n) is 3.13. The van der Waals surface area contributed by atoms with Crippen molar-refractivity contribution in [2.75, 3.05) is 27.7 Å². The highest BCUT2D eigenvalue weighted by Crippen LogP contribution is 2.28. The molecule has 0 fully saturated rings. The van der Waals surface area contributed by atoms with Gasteiger partial charge in [0.15, 0.2) is 0 Å². The van der Waals surface area contributed by atoms with E-state index >= 15 is 0 Å². The number of hydrogen-bond acceptors (Lipinski definition) is 2. The SMILES string of the molecule is CCC(CNC)C(c1ccccc1)N(C)C. The van der Waals surface area contributed by atoms with Crippen molar-refractivity contribution in [2.24, 2.45) is 5.92 Å². The number of hydrogen-bond donors (Lipinski definition) is 1. The second-order valence-electron chi connectivity index (χ2n) is 4.55. The lowest BCUT2D eigenvalue weighted by molar-refractivity contribution is 0.204. The molecule has 0 saturated heterocycles. The molecule has 2 nitrogen and oxygen atoms in total. The van der Waals surface area contributed by atoms with Gasteiger partial charge in [-0.3, -0.25) is 0 Å². The molecule has 0 aromatic heterocycles. The number of nitrogens with one attached hydrogen (secondary N) is 1. The van der Waals surface area contributed by atoms with Crippen LogP contribution in [-0.4, -0.2) is 32.6 Å². The first-order valence-electron chi connectivity index (χ1n) is 6.06. The Hall–Kier alpha value is -0.860. The van der Waals surface area contributed by atoms with Crippen LogP contribution in [0.2, 0.25) is 0 Å². The lowest BCUT2D eigenvalue weighted by Gasteiger charge is -2.32. The van der Waals surface area contributed by atoms with Crippen LogP contribution in [0.4, 0.5) is 0 Å². The standard InChI is InChI=1S/C14H24N2/c1-5-12(11-15-2)14(16(3)4)13-9-7-6-8-10-13/h6-10,12,14-15H,5,11H2,1-4H3. The molecule has 1 aromatic carbocycles. The number of nitrogens with zero attached hydrogens (tertiary/aromatic N) is 1. The zero-order chi connectivity index (χ0) is 12.0. The van der Waals surface area contributed by atoms with Crippen LogP contribution >= 0.6 is 0 Å². The van der Waals surface area contributed by atoms with Gasteiger partial charge in [0.25, 0.3) is 0 Å². The van der Waals surface area contributed by atoms with Crippen molar-refractivity contribution >= 4 is 0 Å². The summed E-state index contributed by atoms with van der Waals surface area (Å²) in [5.41, 5.74) is 1.41. The van der Waals surface area contributed by atoms with Gasteiger partial charge >= 0.3 is 0 Å². The first-order valence-corrected chi connectivity index (χ1v) is 6.06. The maximum absolute atomic E-state index is 3.30. The van der Waals surface area contributed by atoms with E-state index in [4.69, 9.17) is 0 Å². The highest BCUT2D eigenvalue weighted by atomic mass is 15.1. The average molecular weight is 220 g/mol. The molecule has 0 aliphatic carbocycles. The summed E-state index contributed by atoms with van der Waals surface area (Å²) in [7, 11) is 6.35. The van der Waals surface area contributed by atoms with E-state index in [1.165, 1.54) is 12.0 Å². The molecule has 0 heterocycles. The fourth-order valence-electron chi connectivity index (χ4n) is 2.38. The van der Waals surface area contributed by atoms with Crippen molar-refractivity contribution in [1.29, 1.82) is 0 Å². The van der Waals surface area contributed by atoms with E-state index in [1.807, 2.05) is 7.05 Å². The van der Waals surface area contributed by atoms with E-state index in [0.29, 0.717) is 12.0 Å². The van der Waals surface area contributed by atoms with Gasteiger partial charge in [-0.25, -0.2) is 0 Å². The van der Waals surface area contributed by atoms with Gasteiger partial charge in [0.2, 0.25) is 0 Å². The fourth-order valence-corrected chi connectivity index (χ4v) is 2.38. The third-order valence-corrected chi connectivity index (χ3v) is 3.13. The van der Waals surface area contributed by atoms with E-state index < -0.39 is 0 Å². The summed E-state index contributed by atoms with van der Waals surface area (Å²) < 4.78 is 0. The van der Waals surface area contributed by atoms with Crippen LogP contribution in [0.5, 0.6) is 0 Å². The summed E-state index contributed by atoms with van der Waals surface area (Å²) in [6, 6.07) is 11.3. The Morgan fingerprint density at radius 2 is 1.81 bits per heavy atom. The van der Waals surface area contributed by atoms with Crippen LogP contribution in [-0.2, 0) is 0 Å². The van der Waals surface area contributed by atoms with Crippen LogP contribution < -0.4 is 5.32 Å². The van der Waals surface area contributed by atoms with Gasteiger partial charge in [0.1, 0.15) is 0 Å². The van der Waals surface area contributed by atoms with Crippen LogP contribution in [0.15, 0.2) is 30.3 Å². The number of benzene rings is 1. The molecule has 90 valence electrons. The molecule has 1 aromatic rings. The minimum atomic E-state index is 0.499. The molecule has 0 aliphatic heterocycles. The Morgan fingerprint density at radius 3 is 2.25 bits per heavy atom. The van der Waals surface area contributed by atoms with Gasteiger partial charge in [-0.2, -0.15) is 0 Å². The molecule has 0 spiro atoms. The molecule has 2 unspecified atom stereocenters. The number of rotatable bonds is 6. The normalized spacial score (nSPS) is 15.1. The Morgan fingerprint density at radius 1 is 1.19 bits per heavy atom. The van der Waals surface area contributed by atoms with Crippen molar-refractivity contribution in [1.82, 2.24) is 10.2 Å². The smallest absolute Gasteiger partial charge is 0.0382 e. The highest BCUT2D eigenvalue weighted by molar-refractivity contribution is 5.19. The zero-order valence-corrected chi connectivity index (χ0v) is 10.9. The molecular weight excluding hydrogens is 196 g/mol. The molecular formula is C14H24N2. The Balaban J connectivity index is 2.90. The maximum Gasteiger partial charge on any atom is 0.0382 e. The molecule has 1 N–H and O–H groups in total. The lowest BCUT2D eigenvalue weighted by Crippen LogP contribution is -2.32. The van der Waals surface area contributed by atoms with E-state index in [-0.39, 0.29) is 0 Å². The largest absolute Gasteiger partial charge is 0.319 e. The summed E-state index contributed by atoms with van der Waals surface area (Å²) in [4.78, 5) is 2.32. The highest BCUT2D eigenvalue weighted by Gasteiger charge is 2.22. The van der Waals surface area contributed by atoms with Crippen molar-refractivity contribution < 1.29 is 0 Å². The topological polar surface area (TPSA) is 15.3 Å². The van der Waals surface area contributed by atoms with Crippen LogP contribution in [0.1, 0.15) is 24.9 Å². The Kier molecular flexibility index (Phi) is 5.50. The van der Waals surface area contributed by atoms with Crippen LogP contribution in [0.25, 0.3) is 0 Å². The maximum atomic E-state index is 3.30. The van der Waals surface area contributed by atoms with Crippen molar-refractivity contribution in [2.45, 2.75) is 19.4 Å². The van der Waals surface area contributed by atoms with Gasteiger partial charge in [-0.05, 0) is 39.2 Å². The van der Waals surface area contributed by atoms with Gasteiger partial charge in [0, 0.05) is 6.04 Å². The van der Waals surface area contributed by atoms with E-state index in [0.717, 1.165) is 6.54 Å². The van der Waals surface area contributed by atoms with Crippen molar-refractivity contribution in [3.63, 3.8) is 0 Å². The second kappa shape index (κ2) is 6.66. The van der Waals surface area contributed by atoms with Crippen LogP contribution in [0.3, 0.4) is 0 Å². The van der Waals surface area contributed by atoms with Gasteiger partial charge in [-0.1, -0.05) is 43.7 Å². The van der Waals surface area contributed by atoms with Gasteiger partial charge < -0.3 is 10.2 Å². The van der Waals surface area contributed by atoms with Gasteiger partial charge in [-0.15, -0.1) is 0 Å². The molecule has 0 radical (unpaired) electrons. The molecule has 1 rings (SSSR count).